The van der Waals surface area contributed by atoms with Crippen LogP contribution in [0.3, 0.4) is 0 Å². The second kappa shape index (κ2) is 6.70. The summed E-state index contributed by atoms with van der Waals surface area (Å²) in [6.45, 7) is 0.501. The molecule has 0 aliphatic carbocycles. The fourth-order valence-electron chi connectivity index (χ4n) is 1.94. The zero-order chi connectivity index (χ0) is 14.4. The molecule has 0 aromatic heterocycles. The normalized spacial score (nSPS) is 10.2. The van der Waals surface area contributed by atoms with E-state index >= 15 is 0 Å². The van der Waals surface area contributed by atoms with Gasteiger partial charge in [-0.3, -0.25) is 5.41 Å². The van der Waals surface area contributed by atoms with Crippen LogP contribution < -0.4 is 10.5 Å². The van der Waals surface area contributed by atoms with Gasteiger partial charge in [-0.15, -0.1) is 0 Å². The Hall–Kier alpha value is -2.36. The Morgan fingerprint density at radius 2 is 1.90 bits per heavy atom. The molecule has 4 heteroatoms. The minimum Gasteiger partial charge on any atom is -0.493 e. The van der Waals surface area contributed by atoms with E-state index in [2.05, 4.69) is 12.1 Å². The molecule has 20 heavy (non-hydrogen) atoms. The van der Waals surface area contributed by atoms with Gasteiger partial charge in [0.1, 0.15) is 17.4 Å². The summed E-state index contributed by atoms with van der Waals surface area (Å²) in [5.74, 6) is -0.165. The van der Waals surface area contributed by atoms with Crippen molar-refractivity contribution in [1.82, 2.24) is 0 Å². The molecule has 0 fully saturated rings. The highest BCUT2D eigenvalue weighted by Gasteiger charge is 2.08. The molecule has 0 amide bonds. The first-order chi connectivity index (χ1) is 9.66. The second-order valence-corrected chi connectivity index (χ2v) is 4.49. The predicted octanol–water partition coefficient (Wildman–Crippen LogP) is 3.12. The van der Waals surface area contributed by atoms with Crippen LogP contribution in [0.5, 0.6) is 5.75 Å². The molecule has 104 valence electrons. The number of halogens is 1. The van der Waals surface area contributed by atoms with Crippen LogP contribution in [0.15, 0.2) is 48.5 Å². The summed E-state index contributed by atoms with van der Waals surface area (Å²) in [5, 5.41) is 7.42. The van der Waals surface area contributed by atoms with Gasteiger partial charge in [0.25, 0.3) is 0 Å². The molecule has 0 saturated heterocycles. The molecule has 0 saturated carbocycles. The molecule has 0 aliphatic rings. The minimum atomic E-state index is -0.424. The van der Waals surface area contributed by atoms with Crippen molar-refractivity contribution in [3.63, 3.8) is 0 Å². The first-order valence-electron chi connectivity index (χ1n) is 6.47. The standard InChI is InChI=1S/C16H17FN2O/c17-13-8-9-15(14(11-13)16(18)19)20-10-4-7-12-5-2-1-3-6-12/h1-3,5-6,8-9,11H,4,7,10H2,(H3,18,19). The molecule has 2 aromatic carbocycles. The Morgan fingerprint density at radius 3 is 2.60 bits per heavy atom. The lowest BCUT2D eigenvalue weighted by atomic mass is 10.1. The number of ether oxygens (including phenoxy) is 1. The van der Waals surface area contributed by atoms with E-state index in [-0.39, 0.29) is 5.84 Å². The van der Waals surface area contributed by atoms with Crippen molar-refractivity contribution in [1.29, 1.82) is 5.41 Å². The van der Waals surface area contributed by atoms with Crippen LogP contribution in [0, 0.1) is 11.2 Å². The zero-order valence-electron chi connectivity index (χ0n) is 11.1. The fourth-order valence-corrected chi connectivity index (χ4v) is 1.94. The molecular formula is C16H17FN2O. The third-order valence-corrected chi connectivity index (χ3v) is 2.94. The second-order valence-electron chi connectivity index (χ2n) is 4.49. The van der Waals surface area contributed by atoms with E-state index < -0.39 is 5.82 Å². The van der Waals surface area contributed by atoms with E-state index in [0.29, 0.717) is 17.9 Å². The molecule has 0 heterocycles. The van der Waals surface area contributed by atoms with Crippen LogP contribution in [0.2, 0.25) is 0 Å². The Kier molecular flexibility index (Phi) is 4.71. The molecule has 2 aromatic rings. The quantitative estimate of drug-likeness (QED) is 0.482. The van der Waals surface area contributed by atoms with Crippen molar-refractivity contribution in [2.45, 2.75) is 12.8 Å². The van der Waals surface area contributed by atoms with Gasteiger partial charge in [-0.1, -0.05) is 30.3 Å². The van der Waals surface area contributed by atoms with E-state index in [4.69, 9.17) is 15.9 Å². The van der Waals surface area contributed by atoms with Crippen LogP contribution in [0.25, 0.3) is 0 Å². The Bertz CT molecular complexity index is 584. The molecular weight excluding hydrogens is 255 g/mol. The number of rotatable bonds is 6. The molecule has 3 N–H and O–H groups in total. The number of nitrogen functional groups attached to an aromatic ring is 1. The maximum atomic E-state index is 13.1. The molecule has 0 unspecified atom stereocenters. The largest absolute Gasteiger partial charge is 0.493 e. The predicted molar refractivity (Wildman–Crippen MR) is 77.7 cm³/mol. The average molecular weight is 272 g/mol. The lowest BCUT2D eigenvalue weighted by molar-refractivity contribution is 0.310. The lowest BCUT2D eigenvalue weighted by Gasteiger charge is -2.10. The van der Waals surface area contributed by atoms with Gasteiger partial charge in [0.2, 0.25) is 0 Å². The molecule has 0 aliphatic heterocycles. The molecule has 0 bridgehead atoms. The Balaban J connectivity index is 1.90. The summed E-state index contributed by atoms with van der Waals surface area (Å²) in [4.78, 5) is 0. The zero-order valence-corrected chi connectivity index (χ0v) is 11.1. The lowest BCUT2D eigenvalue weighted by Crippen LogP contribution is -2.14. The van der Waals surface area contributed by atoms with Crippen LogP contribution in [-0.2, 0) is 6.42 Å². The van der Waals surface area contributed by atoms with Crippen LogP contribution >= 0.6 is 0 Å². The van der Waals surface area contributed by atoms with Gasteiger partial charge in [0.15, 0.2) is 0 Å². The molecule has 3 nitrogen and oxygen atoms in total. The number of benzene rings is 2. The summed E-state index contributed by atoms with van der Waals surface area (Å²) >= 11 is 0. The maximum Gasteiger partial charge on any atom is 0.130 e. The number of nitrogens with one attached hydrogen (secondary N) is 1. The summed E-state index contributed by atoms with van der Waals surface area (Å²) in [7, 11) is 0. The molecule has 0 spiro atoms. The number of hydrogen-bond acceptors (Lipinski definition) is 2. The topological polar surface area (TPSA) is 59.1 Å². The smallest absolute Gasteiger partial charge is 0.130 e. The van der Waals surface area contributed by atoms with Gasteiger partial charge < -0.3 is 10.5 Å². The van der Waals surface area contributed by atoms with Gasteiger partial charge >= 0.3 is 0 Å². The first-order valence-corrected chi connectivity index (χ1v) is 6.47. The molecule has 0 atom stereocenters. The van der Waals surface area contributed by atoms with E-state index in [1.54, 1.807) is 0 Å². The van der Waals surface area contributed by atoms with Crippen LogP contribution in [-0.4, -0.2) is 12.4 Å². The highest BCUT2D eigenvalue weighted by atomic mass is 19.1. The Morgan fingerprint density at radius 1 is 1.15 bits per heavy atom. The van der Waals surface area contributed by atoms with Crippen molar-refractivity contribution in [3.8, 4) is 5.75 Å². The fraction of sp³-hybridized carbons (Fsp3) is 0.188. The van der Waals surface area contributed by atoms with Crippen LogP contribution in [0.1, 0.15) is 17.5 Å². The number of hydrogen-bond donors (Lipinski definition) is 2. The van der Waals surface area contributed by atoms with Gasteiger partial charge in [-0.05, 0) is 36.6 Å². The van der Waals surface area contributed by atoms with Crippen molar-refractivity contribution < 1.29 is 9.13 Å². The van der Waals surface area contributed by atoms with Gasteiger partial charge in [0, 0.05) is 0 Å². The van der Waals surface area contributed by atoms with Gasteiger partial charge in [-0.2, -0.15) is 0 Å². The maximum absolute atomic E-state index is 13.1. The summed E-state index contributed by atoms with van der Waals surface area (Å²) < 4.78 is 18.7. The number of aryl methyl sites for hydroxylation is 1. The van der Waals surface area contributed by atoms with Crippen molar-refractivity contribution in [2.75, 3.05) is 6.61 Å². The number of amidine groups is 1. The van der Waals surface area contributed by atoms with Crippen molar-refractivity contribution in [3.05, 3.63) is 65.5 Å². The van der Waals surface area contributed by atoms with Crippen LogP contribution in [0.4, 0.5) is 4.39 Å². The molecule has 2 rings (SSSR count). The highest BCUT2D eigenvalue weighted by molar-refractivity contribution is 5.97. The average Bonchev–Trinajstić information content (AvgIpc) is 2.45. The van der Waals surface area contributed by atoms with Gasteiger partial charge in [-0.25, -0.2) is 4.39 Å². The minimum absolute atomic E-state index is 0.192. The van der Waals surface area contributed by atoms with Gasteiger partial charge in [0.05, 0.1) is 12.2 Å². The van der Waals surface area contributed by atoms with Crippen molar-refractivity contribution in [2.24, 2.45) is 5.73 Å². The highest BCUT2D eigenvalue weighted by Crippen LogP contribution is 2.19. The SMILES string of the molecule is N=C(N)c1cc(F)ccc1OCCCc1ccccc1. The van der Waals surface area contributed by atoms with Crippen molar-refractivity contribution >= 4 is 5.84 Å². The summed E-state index contributed by atoms with van der Waals surface area (Å²) in [6.07, 6.45) is 1.76. The Labute approximate surface area is 117 Å². The van der Waals surface area contributed by atoms with E-state index in [9.17, 15) is 4.39 Å². The number of nitrogens with two attached hydrogens (primary N) is 1. The monoisotopic (exact) mass is 272 g/mol. The molecule has 0 radical (unpaired) electrons. The van der Waals surface area contributed by atoms with E-state index in [1.165, 1.54) is 23.8 Å². The first kappa shape index (κ1) is 14.1. The third kappa shape index (κ3) is 3.82. The summed E-state index contributed by atoms with van der Waals surface area (Å²) in [5.41, 5.74) is 6.96. The van der Waals surface area contributed by atoms with E-state index in [0.717, 1.165) is 12.8 Å². The summed E-state index contributed by atoms with van der Waals surface area (Å²) in [6, 6.07) is 14.2. The third-order valence-electron chi connectivity index (χ3n) is 2.94. The van der Waals surface area contributed by atoms with E-state index in [1.807, 2.05) is 18.2 Å².